The Bertz CT molecular complexity index is 177. The first-order valence-corrected chi connectivity index (χ1v) is 8.60. The third kappa shape index (κ3) is 15.6. The van der Waals surface area contributed by atoms with Crippen LogP contribution in [-0.2, 0) is 0 Å². The van der Waals surface area contributed by atoms with Crippen molar-refractivity contribution in [2.45, 2.75) is 103 Å². The van der Waals surface area contributed by atoms with Crippen molar-refractivity contribution in [3.05, 3.63) is 12.7 Å². The quantitative estimate of drug-likeness (QED) is 0.284. The van der Waals surface area contributed by atoms with Gasteiger partial charge in [0.1, 0.15) is 0 Å². The molecule has 0 aliphatic carbocycles. The van der Waals surface area contributed by atoms with Gasteiger partial charge < -0.3 is 5.11 Å². The molecule has 0 aliphatic rings. The minimum absolute atomic E-state index is 0.0423. The first-order chi connectivity index (χ1) is 9.31. The normalized spacial score (nSPS) is 12.5. The van der Waals surface area contributed by atoms with E-state index in [9.17, 15) is 5.11 Å². The van der Waals surface area contributed by atoms with Gasteiger partial charge in [0.15, 0.2) is 0 Å². The fraction of sp³-hybridized carbons (Fsp3) is 0.889. The average Bonchev–Trinajstić information content (AvgIpc) is 2.41. The van der Waals surface area contributed by atoms with Crippen LogP contribution in [0.5, 0.6) is 0 Å². The van der Waals surface area contributed by atoms with Gasteiger partial charge >= 0.3 is 0 Å². The maximum absolute atomic E-state index is 9.88. The van der Waals surface area contributed by atoms with E-state index in [1.807, 2.05) is 6.08 Å². The fourth-order valence-electron chi connectivity index (χ4n) is 2.50. The van der Waals surface area contributed by atoms with Crippen LogP contribution in [-0.4, -0.2) is 11.2 Å². The summed E-state index contributed by atoms with van der Waals surface area (Å²) < 4.78 is 0. The van der Waals surface area contributed by atoms with Gasteiger partial charge in [0.2, 0.25) is 0 Å². The maximum Gasteiger partial charge on any atom is 0.0540 e. The van der Waals surface area contributed by atoms with Crippen LogP contribution < -0.4 is 0 Å². The zero-order chi connectivity index (χ0) is 14.2. The van der Waals surface area contributed by atoms with Crippen LogP contribution in [0.15, 0.2) is 12.7 Å². The molecule has 19 heavy (non-hydrogen) atoms. The minimum Gasteiger partial charge on any atom is -0.393 e. The highest BCUT2D eigenvalue weighted by atomic mass is 16.3. The topological polar surface area (TPSA) is 20.2 Å². The van der Waals surface area contributed by atoms with Crippen molar-refractivity contribution in [2.24, 2.45) is 0 Å². The summed E-state index contributed by atoms with van der Waals surface area (Å²) in [5.74, 6) is 0. The fourth-order valence-corrected chi connectivity index (χ4v) is 2.50. The van der Waals surface area contributed by atoms with Crippen LogP contribution in [0.2, 0.25) is 0 Å². The van der Waals surface area contributed by atoms with Crippen molar-refractivity contribution in [2.75, 3.05) is 0 Å². The van der Waals surface area contributed by atoms with Gasteiger partial charge in [-0.05, 0) is 25.7 Å². The molecule has 1 atom stereocenters. The van der Waals surface area contributed by atoms with Crippen LogP contribution in [0.25, 0.3) is 0 Å². The van der Waals surface area contributed by atoms with E-state index in [2.05, 4.69) is 13.5 Å². The summed E-state index contributed by atoms with van der Waals surface area (Å²) in [5.41, 5.74) is 0. The molecule has 0 aromatic carbocycles. The lowest BCUT2D eigenvalue weighted by Crippen LogP contribution is -2.05. The first kappa shape index (κ1) is 18.7. The molecule has 0 aromatic rings. The number of unbranched alkanes of at least 4 members (excludes halogenated alkanes) is 10. The summed E-state index contributed by atoms with van der Waals surface area (Å²) in [6.07, 6.45) is 19.5. The second-order valence-electron chi connectivity index (χ2n) is 5.84. The number of rotatable bonds is 15. The molecule has 0 saturated heterocycles. The predicted octanol–water partition coefficient (Wildman–Crippen LogP) is 6.01. The zero-order valence-corrected chi connectivity index (χ0v) is 13.2. The van der Waals surface area contributed by atoms with Gasteiger partial charge in [0, 0.05) is 0 Å². The molecule has 0 aliphatic heterocycles. The summed E-state index contributed by atoms with van der Waals surface area (Å²) in [6.45, 7) is 5.99. The number of allylic oxidation sites excluding steroid dienone is 1. The van der Waals surface area contributed by atoms with E-state index in [4.69, 9.17) is 0 Å². The van der Waals surface area contributed by atoms with Gasteiger partial charge in [0.25, 0.3) is 0 Å². The largest absolute Gasteiger partial charge is 0.393 e. The molecule has 0 heterocycles. The molecule has 1 unspecified atom stereocenters. The molecule has 0 aromatic heterocycles. The molecule has 114 valence electrons. The van der Waals surface area contributed by atoms with Crippen LogP contribution in [0.4, 0.5) is 0 Å². The van der Waals surface area contributed by atoms with E-state index in [-0.39, 0.29) is 6.10 Å². The Morgan fingerprint density at radius 2 is 1.26 bits per heavy atom. The van der Waals surface area contributed by atoms with E-state index in [0.29, 0.717) is 0 Å². The number of aliphatic hydroxyl groups is 1. The third-order valence-corrected chi connectivity index (χ3v) is 3.84. The molecule has 1 nitrogen and oxygen atoms in total. The van der Waals surface area contributed by atoms with Crippen LogP contribution in [0.3, 0.4) is 0 Å². The Morgan fingerprint density at radius 3 is 1.79 bits per heavy atom. The van der Waals surface area contributed by atoms with Gasteiger partial charge in [-0.15, -0.1) is 6.58 Å². The molecule has 0 amide bonds. The second kappa shape index (κ2) is 15.8. The van der Waals surface area contributed by atoms with Crippen molar-refractivity contribution >= 4 is 0 Å². The summed E-state index contributed by atoms with van der Waals surface area (Å²) in [5, 5.41) is 9.88. The van der Waals surface area contributed by atoms with Crippen molar-refractivity contribution in [1.82, 2.24) is 0 Å². The lowest BCUT2D eigenvalue weighted by Gasteiger charge is -2.10. The average molecular weight is 268 g/mol. The molecule has 1 heteroatoms. The highest BCUT2D eigenvalue weighted by molar-refractivity contribution is 4.65. The number of aliphatic hydroxyl groups excluding tert-OH is 1. The van der Waals surface area contributed by atoms with Crippen LogP contribution in [0.1, 0.15) is 96.8 Å². The molecule has 1 N–H and O–H groups in total. The summed E-state index contributed by atoms with van der Waals surface area (Å²) in [4.78, 5) is 0. The molecule has 0 spiro atoms. The van der Waals surface area contributed by atoms with Gasteiger partial charge in [0.05, 0.1) is 6.10 Å². The predicted molar refractivity (Wildman–Crippen MR) is 86.5 cm³/mol. The first-order valence-electron chi connectivity index (χ1n) is 8.60. The maximum atomic E-state index is 9.88. The van der Waals surface area contributed by atoms with Crippen LogP contribution in [0, 0.1) is 0 Å². The Kier molecular flexibility index (Phi) is 15.5. The van der Waals surface area contributed by atoms with Gasteiger partial charge in [-0.2, -0.15) is 0 Å². The SMILES string of the molecule is C=CCCCCCCCC(O)CCCCCCCC. The highest BCUT2D eigenvalue weighted by Gasteiger charge is 2.03. The lowest BCUT2D eigenvalue weighted by atomic mass is 10.0. The van der Waals surface area contributed by atoms with Gasteiger partial charge in [-0.1, -0.05) is 77.2 Å². The highest BCUT2D eigenvalue weighted by Crippen LogP contribution is 2.14. The Labute approximate surface area is 121 Å². The van der Waals surface area contributed by atoms with E-state index < -0.39 is 0 Å². The molecular weight excluding hydrogens is 232 g/mol. The van der Waals surface area contributed by atoms with Crippen molar-refractivity contribution in [3.63, 3.8) is 0 Å². The van der Waals surface area contributed by atoms with E-state index in [1.165, 1.54) is 70.6 Å². The Balaban J connectivity index is 3.12. The summed E-state index contributed by atoms with van der Waals surface area (Å²) >= 11 is 0. The van der Waals surface area contributed by atoms with Crippen LogP contribution >= 0.6 is 0 Å². The standard InChI is InChI=1S/C18H36O/c1-3-5-7-9-11-13-15-17-18(19)16-14-12-10-8-6-4-2/h3,18-19H,1,4-17H2,2H3. The monoisotopic (exact) mass is 268 g/mol. The number of hydrogen-bond acceptors (Lipinski definition) is 1. The molecule has 0 rings (SSSR count). The minimum atomic E-state index is -0.0423. The van der Waals surface area contributed by atoms with E-state index >= 15 is 0 Å². The molecular formula is C18H36O. The lowest BCUT2D eigenvalue weighted by molar-refractivity contribution is 0.147. The molecule has 0 fully saturated rings. The smallest absolute Gasteiger partial charge is 0.0540 e. The van der Waals surface area contributed by atoms with Crippen molar-refractivity contribution < 1.29 is 5.11 Å². The van der Waals surface area contributed by atoms with E-state index in [0.717, 1.165) is 19.3 Å². The summed E-state index contributed by atoms with van der Waals surface area (Å²) in [6, 6.07) is 0. The summed E-state index contributed by atoms with van der Waals surface area (Å²) in [7, 11) is 0. The Hall–Kier alpha value is -0.300. The Morgan fingerprint density at radius 1 is 0.789 bits per heavy atom. The van der Waals surface area contributed by atoms with E-state index in [1.54, 1.807) is 0 Å². The molecule has 0 radical (unpaired) electrons. The third-order valence-electron chi connectivity index (χ3n) is 3.84. The van der Waals surface area contributed by atoms with Gasteiger partial charge in [-0.25, -0.2) is 0 Å². The van der Waals surface area contributed by atoms with Crippen molar-refractivity contribution in [1.29, 1.82) is 0 Å². The molecule has 0 bridgehead atoms. The van der Waals surface area contributed by atoms with Gasteiger partial charge in [-0.3, -0.25) is 0 Å². The second-order valence-corrected chi connectivity index (χ2v) is 5.84. The number of hydrogen-bond donors (Lipinski definition) is 1. The zero-order valence-electron chi connectivity index (χ0n) is 13.2. The van der Waals surface area contributed by atoms with Crippen molar-refractivity contribution in [3.8, 4) is 0 Å². The molecule has 0 saturated carbocycles.